The molecule has 0 amide bonds. The Bertz CT molecular complexity index is 649. The van der Waals surface area contributed by atoms with Crippen molar-refractivity contribution in [2.24, 2.45) is 0 Å². The average Bonchev–Trinajstić information content (AvgIpc) is 2.78. The number of halogens is 1. The second-order valence-corrected chi connectivity index (χ2v) is 5.54. The third-order valence-corrected chi connectivity index (χ3v) is 3.91. The fourth-order valence-electron chi connectivity index (χ4n) is 2.31. The highest BCUT2D eigenvalue weighted by atomic mass is 32.1. The molecule has 0 aliphatic rings. The van der Waals surface area contributed by atoms with E-state index in [-0.39, 0.29) is 5.82 Å². The van der Waals surface area contributed by atoms with E-state index < -0.39 is 0 Å². The van der Waals surface area contributed by atoms with Gasteiger partial charge in [0, 0.05) is 30.9 Å². The van der Waals surface area contributed by atoms with E-state index >= 15 is 0 Å². The zero-order valence-electron chi connectivity index (χ0n) is 13.1. The van der Waals surface area contributed by atoms with Crippen molar-refractivity contribution in [1.82, 2.24) is 20.4 Å². The van der Waals surface area contributed by atoms with E-state index in [1.807, 2.05) is 11.6 Å². The zero-order valence-corrected chi connectivity index (χ0v) is 13.9. The van der Waals surface area contributed by atoms with E-state index in [0.29, 0.717) is 18.2 Å². The predicted molar refractivity (Wildman–Crippen MR) is 90.1 cm³/mol. The van der Waals surface area contributed by atoms with Crippen LogP contribution in [0.2, 0.25) is 0 Å². The highest BCUT2D eigenvalue weighted by Crippen LogP contribution is 2.12. The minimum Gasteiger partial charge on any atom is -0.359 e. The van der Waals surface area contributed by atoms with Crippen molar-refractivity contribution in [2.75, 3.05) is 0 Å². The smallest absolute Gasteiger partial charge is 0.166 e. The summed E-state index contributed by atoms with van der Waals surface area (Å²) in [7, 11) is 0. The molecular formula is C16H21FN4S. The second kappa shape index (κ2) is 7.35. The van der Waals surface area contributed by atoms with Crippen LogP contribution in [0.1, 0.15) is 29.4 Å². The van der Waals surface area contributed by atoms with Crippen LogP contribution >= 0.6 is 12.2 Å². The van der Waals surface area contributed by atoms with Gasteiger partial charge in [0.05, 0.1) is 5.69 Å². The fraction of sp³-hybridized carbons (Fsp3) is 0.375. The van der Waals surface area contributed by atoms with Crippen LogP contribution in [0.4, 0.5) is 4.39 Å². The second-order valence-electron chi connectivity index (χ2n) is 5.13. The molecule has 6 heteroatoms. The zero-order chi connectivity index (χ0) is 16.1. The van der Waals surface area contributed by atoms with E-state index in [0.717, 1.165) is 23.5 Å². The predicted octanol–water partition coefficient (Wildman–Crippen LogP) is 2.82. The van der Waals surface area contributed by atoms with Crippen LogP contribution < -0.4 is 10.6 Å². The highest BCUT2D eigenvalue weighted by molar-refractivity contribution is 7.80. The molecule has 118 valence electrons. The van der Waals surface area contributed by atoms with Crippen LogP contribution in [-0.2, 0) is 19.6 Å². The van der Waals surface area contributed by atoms with E-state index in [2.05, 4.69) is 29.6 Å². The molecule has 0 fully saturated rings. The van der Waals surface area contributed by atoms with Crippen molar-refractivity contribution in [2.45, 2.75) is 40.4 Å². The Kier molecular flexibility index (Phi) is 5.49. The molecule has 0 radical (unpaired) electrons. The Labute approximate surface area is 135 Å². The van der Waals surface area contributed by atoms with E-state index in [4.69, 9.17) is 12.2 Å². The van der Waals surface area contributed by atoms with Gasteiger partial charge in [-0.2, -0.15) is 5.10 Å². The normalized spacial score (nSPS) is 10.5. The van der Waals surface area contributed by atoms with Gasteiger partial charge in [0.2, 0.25) is 0 Å². The highest BCUT2D eigenvalue weighted by Gasteiger charge is 2.10. The summed E-state index contributed by atoms with van der Waals surface area (Å²) < 4.78 is 14.8. The molecule has 0 saturated heterocycles. The summed E-state index contributed by atoms with van der Waals surface area (Å²) in [6.45, 7) is 8.22. The maximum atomic E-state index is 12.8. The standard InChI is InChI=1S/C16H21FN4S/c1-4-21-12(3)15(11(2)20-21)10-19-16(22)18-9-13-5-7-14(17)8-6-13/h5-8H,4,9-10H2,1-3H3,(H2,18,19,22). The van der Waals surface area contributed by atoms with Crippen LogP contribution in [0, 0.1) is 19.7 Å². The van der Waals surface area contributed by atoms with Gasteiger partial charge < -0.3 is 10.6 Å². The lowest BCUT2D eigenvalue weighted by molar-refractivity contribution is 0.626. The number of rotatable bonds is 5. The average molecular weight is 320 g/mol. The van der Waals surface area contributed by atoms with Crippen LogP contribution in [0.5, 0.6) is 0 Å². The molecule has 0 saturated carbocycles. The molecule has 2 rings (SSSR count). The first-order valence-corrected chi connectivity index (χ1v) is 7.71. The maximum absolute atomic E-state index is 12.8. The van der Waals surface area contributed by atoms with E-state index in [1.54, 1.807) is 12.1 Å². The Morgan fingerprint density at radius 3 is 2.41 bits per heavy atom. The number of benzene rings is 1. The first kappa shape index (κ1) is 16.4. The van der Waals surface area contributed by atoms with Crippen molar-refractivity contribution in [3.8, 4) is 0 Å². The summed E-state index contributed by atoms with van der Waals surface area (Å²) >= 11 is 5.28. The number of nitrogens with zero attached hydrogens (tertiary/aromatic N) is 2. The van der Waals surface area contributed by atoms with Crippen molar-refractivity contribution in [1.29, 1.82) is 0 Å². The monoisotopic (exact) mass is 320 g/mol. The molecule has 1 aromatic heterocycles. The fourth-order valence-corrected chi connectivity index (χ4v) is 2.46. The molecule has 0 bridgehead atoms. The molecule has 0 aliphatic carbocycles. The summed E-state index contributed by atoms with van der Waals surface area (Å²) in [5, 5.41) is 11.4. The largest absolute Gasteiger partial charge is 0.359 e. The van der Waals surface area contributed by atoms with Gasteiger partial charge >= 0.3 is 0 Å². The third kappa shape index (κ3) is 4.04. The van der Waals surface area contributed by atoms with E-state index in [9.17, 15) is 4.39 Å². The minimum absolute atomic E-state index is 0.233. The Hall–Kier alpha value is -1.95. The van der Waals surface area contributed by atoms with Gasteiger partial charge in [0.25, 0.3) is 0 Å². The molecular weight excluding hydrogens is 299 g/mol. The lowest BCUT2D eigenvalue weighted by Crippen LogP contribution is -2.34. The number of aromatic nitrogens is 2. The summed E-state index contributed by atoms with van der Waals surface area (Å²) in [4.78, 5) is 0. The Morgan fingerprint density at radius 1 is 1.18 bits per heavy atom. The summed E-state index contributed by atoms with van der Waals surface area (Å²) in [6, 6.07) is 6.37. The van der Waals surface area contributed by atoms with Crippen LogP contribution in [0.15, 0.2) is 24.3 Å². The number of thiocarbonyl (C=S) groups is 1. The molecule has 0 aliphatic heterocycles. The van der Waals surface area contributed by atoms with Gasteiger partial charge in [0.15, 0.2) is 5.11 Å². The SMILES string of the molecule is CCn1nc(C)c(CNC(=S)NCc2ccc(F)cc2)c1C. The van der Waals surface area contributed by atoms with Gasteiger partial charge in [0.1, 0.15) is 5.82 Å². The molecule has 0 unspecified atom stereocenters. The van der Waals surface area contributed by atoms with Gasteiger partial charge in [-0.3, -0.25) is 4.68 Å². The number of hydrogen-bond acceptors (Lipinski definition) is 2. The molecule has 1 aromatic carbocycles. The molecule has 0 spiro atoms. The van der Waals surface area contributed by atoms with Crippen molar-refractivity contribution < 1.29 is 4.39 Å². The van der Waals surface area contributed by atoms with Gasteiger partial charge in [-0.25, -0.2) is 4.39 Å². The topological polar surface area (TPSA) is 41.9 Å². The lowest BCUT2D eigenvalue weighted by atomic mass is 10.2. The lowest BCUT2D eigenvalue weighted by Gasteiger charge is -2.11. The van der Waals surface area contributed by atoms with Gasteiger partial charge in [-0.1, -0.05) is 12.1 Å². The minimum atomic E-state index is -0.233. The molecule has 2 N–H and O–H groups in total. The summed E-state index contributed by atoms with van der Waals surface area (Å²) in [5.41, 5.74) is 4.34. The summed E-state index contributed by atoms with van der Waals surface area (Å²) in [6.07, 6.45) is 0. The maximum Gasteiger partial charge on any atom is 0.166 e. The van der Waals surface area contributed by atoms with Crippen molar-refractivity contribution >= 4 is 17.3 Å². The van der Waals surface area contributed by atoms with Crippen LogP contribution in [0.25, 0.3) is 0 Å². The van der Waals surface area contributed by atoms with Crippen molar-refractivity contribution in [3.05, 3.63) is 52.6 Å². The van der Waals surface area contributed by atoms with Crippen LogP contribution in [0.3, 0.4) is 0 Å². The summed E-state index contributed by atoms with van der Waals surface area (Å²) in [5.74, 6) is -0.233. The molecule has 22 heavy (non-hydrogen) atoms. The molecule has 1 heterocycles. The van der Waals surface area contributed by atoms with Gasteiger partial charge in [-0.05, 0) is 50.7 Å². The molecule has 0 atom stereocenters. The van der Waals surface area contributed by atoms with Crippen molar-refractivity contribution in [3.63, 3.8) is 0 Å². The number of hydrogen-bond donors (Lipinski definition) is 2. The first-order valence-electron chi connectivity index (χ1n) is 7.30. The number of nitrogens with one attached hydrogen (secondary N) is 2. The Balaban J connectivity index is 1.85. The quantitative estimate of drug-likeness (QED) is 0.831. The number of aryl methyl sites for hydroxylation is 2. The first-order chi connectivity index (χ1) is 10.5. The molecule has 2 aromatic rings. The third-order valence-electron chi connectivity index (χ3n) is 3.62. The van der Waals surface area contributed by atoms with Crippen LogP contribution in [-0.4, -0.2) is 14.9 Å². The Morgan fingerprint density at radius 2 is 1.82 bits per heavy atom. The van der Waals surface area contributed by atoms with Gasteiger partial charge in [-0.15, -0.1) is 0 Å². The van der Waals surface area contributed by atoms with E-state index in [1.165, 1.54) is 17.7 Å². The molecule has 4 nitrogen and oxygen atoms in total.